The number of benzene rings is 1. The highest BCUT2D eigenvalue weighted by Gasteiger charge is 2.60. The van der Waals surface area contributed by atoms with Crippen molar-refractivity contribution in [3.8, 4) is 18.2 Å². The van der Waals surface area contributed by atoms with Gasteiger partial charge in [-0.2, -0.15) is 0 Å². The Labute approximate surface area is 178 Å². The quantitative estimate of drug-likeness (QED) is 0.566. The average Bonchev–Trinajstić information content (AvgIpc) is 3.53. The molecule has 0 bridgehead atoms. The van der Waals surface area contributed by atoms with Crippen LogP contribution in [0.4, 0.5) is 4.39 Å². The van der Waals surface area contributed by atoms with Crippen molar-refractivity contribution >= 4 is 22.7 Å². The third-order valence-electron chi connectivity index (χ3n) is 5.85. The number of terminal acetylenes is 1. The fourth-order valence-corrected chi connectivity index (χ4v) is 5.07. The molecule has 2 heterocycles. The molecule has 1 aromatic carbocycles. The van der Waals surface area contributed by atoms with Crippen LogP contribution in [0.15, 0.2) is 35.6 Å². The molecule has 6 nitrogen and oxygen atoms in total. The second-order valence-electron chi connectivity index (χ2n) is 7.74. The van der Waals surface area contributed by atoms with Crippen LogP contribution in [0.25, 0.3) is 0 Å². The van der Waals surface area contributed by atoms with Gasteiger partial charge in [0.25, 0.3) is 0 Å². The van der Waals surface area contributed by atoms with Crippen molar-refractivity contribution in [1.82, 2.24) is 9.97 Å². The molecule has 1 saturated carbocycles. The first-order valence-corrected chi connectivity index (χ1v) is 10.5. The summed E-state index contributed by atoms with van der Waals surface area (Å²) in [6.07, 6.45) is 9.89. The van der Waals surface area contributed by atoms with Gasteiger partial charge in [0.05, 0.1) is 17.9 Å². The summed E-state index contributed by atoms with van der Waals surface area (Å²) < 4.78 is 20.0. The SMILES string of the molecule is C#CCOc1cnc(C(=O)Cc2ccc(F)c([C@@]3(C)N=C(N)SCC34CC4)c2)cn1. The van der Waals surface area contributed by atoms with Crippen LogP contribution in [-0.2, 0) is 12.0 Å². The van der Waals surface area contributed by atoms with Crippen molar-refractivity contribution in [3.05, 3.63) is 53.2 Å². The van der Waals surface area contributed by atoms with Gasteiger partial charge in [-0.1, -0.05) is 23.7 Å². The van der Waals surface area contributed by atoms with Crippen molar-refractivity contribution in [2.24, 2.45) is 16.1 Å². The molecule has 154 valence electrons. The van der Waals surface area contributed by atoms with Gasteiger partial charge in [0.15, 0.2) is 17.6 Å². The number of ketones is 1. The minimum absolute atomic E-state index is 0.0730. The molecule has 1 aliphatic carbocycles. The average molecular weight is 425 g/mol. The Morgan fingerprint density at radius 1 is 1.37 bits per heavy atom. The summed E-state index contributed by atoms with van der Waals surface area (Å²) >= 11 is 1.52. The molecule has 8 heteroatoms. The largest absolute Gasteiger partial charge is 0.463 e. The topological polar surface area (TPSA) is 90.5 Å². The number of aromatic nitrogens is 2. The van der Waals surface area contributed by atoms with E-state index in [1.54, 1.807) is 12.1 Å². The number of amidine groups is 1. The van der Waals surface area contributed by atoms with Gasteiger partial charge in [-0.25, -0.2) is 14.4 Å². The van der Waals surface area contributed by atoms with Crippen LogP contribution in [0.1, 0.15) is 41.4 Å². The minimum Gasteiger partial charge on any atom is -0.463 e. The van der Waals surface area contributed by atoms with E-state index in [0.717, 1.165) is 18.6 Å². The van der Waals surface area contributed by atoms with E-state index in [4.69, 9.17) is 16.9 Å². The summed E-state index contributed by atoms with van der Waals surface area (Å²) in [5.74, 6) is 2.85. The van der Waals surface area contributed by atoms with Crippen molar-refractivity contribution < 1.29 is 13.9 Å². The molecule has 0 saturated heterocycles. The summed E-state index contributed by atoms with van der Waals surface area (Å²) in [6, 6.07) is 4.75. The fourth-order valence-electron chi connectivity index (χ4n) is 3.83. The molecule has 4 rings (SSSR count). The minimum atomic E-state index is -0.735. The van der Waals surface area contributed by atoms with Crippen molar-refractivity contribution in [1.29, 1.82) is 0 Å². The zero-order chi connectivity index (χ0) is 21.4. The molecule has 1 fully saturated rings. The number of aliphatic imine (C=N–C) groups is 1. The van der Waals surface area contributed by atoms with Crippen molar-refractivity contribution in [2.45, 2.75) is 31.7 Å². The maximum atomic E-state index is 14.9. The van der Waals surface area contributed by atoms with Crippen molar-refractivity contribution in [3.63, 3.8) is 0 Å². The lowest BCUT2D eigenvalue weighted by Gasteiger charge is -2.39. The first kappa shape index (κ1) is 20.4. The van der Waals surface area contributed by atoms with Crippen LogP contribution >= 0.6 is 11.8 Å². The summed E-state index contributed by atoms with van der Waals surface area (Å²) in [6.45, 7) is 2.02. The first-order valence-electron chi connectivity index (χ1n) is 9.55. The number of halogens is 1. The number of thioether (sulfide) groups is 1. The van der Waals surface area contributed by atoms with Gasteiger partial charge in [0, 0.05) is 23.2 Å². The maximum absolute atomic E-state index is 14.9. The summed E-state index contributed by atoms with van der Waals surface area (Å²) in [7, 11) is 0. The van der Waals surface area contributed by atoms with Gasteiger partial charge in [0.1, 0.15) is 11.5 Å². The van der Waals surface area contributed by atoms with E-state index >= 15 is 0 Å². The highest BCUT2D eigenvalue weighted by molar-refractivity contribution is 8.13. The van der Waals surface area contributed by atoms with Crippen LogP contribution < -0.4 is 10.5 Å². The van der Waals surface area contributed by atoms with E-state index in [9.17, 15) is 9.18 Å². The van der Waals surface area contributed by atoms with Gasteiger partial charge in [-0.15, -0.1) is 6.42 Å². The number of Topliss-reactive ketones (excluding diaryl/α,β-unsaturated/α-hetero) is 1. The van der Waals surface area contributed by atoms with Gasteiger partial charge >= 0.3 is 0 Å². The molecule has 1 aliphatic heterocycles. The second kappa shape index (κ2) is 7.73. The Balaban J connectivity index is 1.57. The van der Waals surface area contributed by atoms with E-state index in [1.165, 1.54) is 30.2 Å². The standard InChI is InChI=1S/C22H21FN4O2S/c1-3-8-29-19-12-25-17(11-26-19)18(28)10-14-4-5-16(23)15(9-14)21(2)22(6-7-22)13-30-20(24)27-21/h1,4-5,9,11-12H,6-8,10,13H2,2H3,(H2,24,27)/t21-/m1/s1. The summed E-state index contributed by atoms with van der Waals surface area (Å²) in [4.78, 5) is 25.4. The third kappa shape index (κ3) is 3.65. The fraction of sp³-hybridized carbons (Fsp3) is 0.364. The molecule has 1 spiro atoms. The highest BCUT2D eigenvalue weighted by atomic mass is 32.2. The zero-order valence-corrected chi connectivity index (χ0v) is 17.3. The van der Waals surface area contributed by atoms with E-state index < -0.39 is 5.54 Å². The zero-order valence-electron chi connectivity index (χ0n) is 16.5. The first-order chi connectivity index (χ1) is 14.4. The highest BCUT2D eigenvalue weighted by Crippen LogP contribution is 2.63. The number of carbonyl (C=O) groups excluding carboxylic acids is 1. The molecule has 1 aromatic heterocycles. The van der Waals surface area contributed by atoms with E-state index in [-0.39, 0.29) is 41.6 Å². The maximum Gasteiger partial charge on any atom is 0.233 e. The molecular weight excluding hydrogens is 403 g/mol. The third-order valence-corrected chi connectivity index (χ3v) is 6.94. The monoisotopic (exact) mass is 424 g/mol. The predicted octanol–water partition coefficient (Wildman–Crippen LogP) is 3.11. The Morgan fingerprint density at radius 2 is 2.17 bits per heavy atom. The van der Waals surface area contributed by atoms with Gasteiger partial charge < -0.3 is 10.5 Å². The Bertz CT molecular complexity index is 1060. The Morgan fingerprint density at radius 3 is 2.83 bits per heavy atom. The van der Waals surface area contributed by atoms with Crippen LogP contribution in [-0.4, -0.2) is 33.3 Å². The van der Waals surface area contributed by atoms with Gasteiger partial charge in [0.2, 0.25) is 5.88 Å². The molecule has 2 N–H and O–H groups in total. The number of rotatable bonds is 6. The van der Waals surface area contributed by atoms with E-state index in [0.29, 0.717) is 16.3 Å². The molecule has 1 atom stereocenters. The number of hydrogen-bond donors (Lipinski definition) is 1. The van der Waals surface area contributed by atoms with Crippen LogP contribution in [0.2, 0.25) is 0 Å². The number of ether oxygens (including phenoxy) is 1. The second-order valence-corrected chi connectivity index (χ2v) is 8.73. The number of hydrogen-bond acceptors (Lipinski definition) is 7. The molecule has 0 radical (unpaired) electrons. The van der Waals surface area contributed by atoms with Gasteiger partial charge in [-0.05, 0) is 37.5 Å². The number of carbonyl (C=O) groups is 1. The molecule has 30 heavy (non-hydrogen) atoms. The number of nitrogens with two attached hydrogens (primary N) is 1. The molecule has 0 unspecified atom stereocenters. The Kier molecular flexibility index (Phi) is 5.24. The lowest BCUT2D eigenvalue weighted by atomic mass is 9.77. The van der Waals surface area contributed by atoms with Crippen LogP contribution in [0.5, 0.6) is 5.88 Å². The predicted molar refractivity (Wildman–Crippen MR) is 114 cm³/mol. The Hall–Kier alpha value is -2.92. The van der Waals surface area contributed by atoms with E-state index in [2.05, 4.69) is 20.9 Å². The normalized spacial score (nSPS) is 21.6. The summed E-state index contributed by atoms with van der Waals surface area (Å²) in [5.41, 5.74) is 6.55. The number of nitrogens with zero attached hydrogens (tertiary/aromatic N) is 3. The molecule has 2 aromatic rings. The smallest absolute Gasteiger partial charge is 0.233 e. The summed E-state index contributed by atoms with van der Waals surface area (Å²) in [5, 5.41) is 0.471. The molecule has 2 aliphatic rings. The lowest BCUT2D eigenvalue weighted by Crippen LogP contribution is -2.40. The van der Waals surface area contributed by atoms with Gasteiger partial charge in [-0.3, -0.25) is 9.79 Å². The molecule has 0 amide bonds. The van der Waals surface area contributed by atoms with Crippen LogP contribution in [0, 0.1) is 23.6 Å². The van der Waals surface area contributed by atoms with Crippen molar-refractivity contribution in [2.75, 3.05) is 12.4 Å². The van der Waals surface area contributed by atoms with E-state index in [1.807, 2.05) is 6.92 Å². The van der Waals surface area contributed by atoms with Crippen LogP contribution in [0.3, 0.4) is 0 Å². The molecular formula is C22H21FN4O2S. The lowest BCUT2D eigenvalue weighted by molar-refractivity contribution is 0.0987.